The first kappa shape index (κ1) is 29.9. The number of nitrogens with one attached hydrogen (secondary N) is 1. The van der Waals surface area contributed by atoms with Crippen molar-refractivity contribution in [1.82, 2.24) is 9.62 Å². The van der Waals surface area contributed by atoms with Crippen molar-refractivity contribution < 1.29 is 36.2 Å². The van der Waals surface area contributed by atoms with E-state index in [1.807, 2.05) is 32.0 Å². The molecule has 2 atom stereocenters. The Morgan fingerprint density at radius 2 is 1.66 bits per heavy atom. The molecule has 0 bridgehead atoms. The first-order valence-electron chi connectivity index (χ1n) is 12.2. The smallest absolute Gasteiger partial charge is 0.243 e. The summed E-state index contributed by atoms with van der Waals surface area (Å²) in [6.07, 6.45) is -0.220. The van der Waals surface area contributed by atoms with E-state index in [0.717, 1.165) is 11.8 Å². The summed E-state index contributed by atoms with van der Waals surface area (Å²) in [5, 5.41) is 14.0. The highest BCUT2D eigenvalue weighted by Crippen LogP contribution is 2.35. The highest BCUT2D eigenvalue weighted by atomic mass is 32.2. The van der Waals surface area contributed by atoms with Crippen LogP contribution in [-0.4, -0.2) is 75.2 Å². The fourth-order valence-electron chi connectivity index (χ4n) is 3.86. The Morgan fingerprint density at radius 3 is 2.26 bits per heavy atom. The SMILES string of the molecule is CC(C)CN(C[C@@H](O)C(Cc1ccccc1)NC(=O)C(C)(C)S(C)(=O)=O)S(=O)(=O)c1ccc2c(c1)OCO2. The van der Waals surface area contributed by atoms with Crippen LogP contribution < -0.4 is 14.8 Å². The number of aliphatic hydroxyl groups excluding tert-OH is 1. The van der Waals surface area contributed by atoms with E-state index in [-0.39, 0.29) is 37.1 Å². The van der Waals surface area contributed by atoms with Crippen LogP contribution in [0, 0.1) is 5.92 Å². The second-order valence-electron chi connectivity index (χ2n) is 10.4. The topological polar surface area (TPSA) is 139 Å². The summed E-state index contributed by atoms with van der Waals surface area (Å²) >= 11 is 0. The van der Waals surface area contributed by atoms with Gasteiger partial charge in [0.05, 0.1) is 17.0 Å². The highest BCUT2D eigenvalue weighted by molar-refractivity contribution is 7.92. The molecule has 10 nitrogen and oxygen atoms in total. The summed E-state index contributed by atoms with van der Waals surface area (Å²) in [6, 6.07) is 12.4. The van der Waals surface area contributed by atoms with Gasteiger partial charge in [0.15, 0.2) is 21.3 Å². The highest BCUT2D eigenvalue weighted by Gasteiger charge is 2.41. The van der Waals surface area contributed by atoms with Crippen LogP contribution >= 0.6 is 0 Å². The molecule has 1 unspecified atom stereocenters. The monoisotopic (exact) mass is 568 g/mol. The average molecular weight is 569 g/mol. The minimum Gasteiger partial charge on any atom is -0.454 e. The van der Waals surface area contributed by atoms with Gasteiger partial charge < -0.3 is 19.9 Å². The molecule has 2 aromatic rings. The molecule has 0 saturated heterocycles. The zero-order valence-electron chi connectivity index (χ0n) is 22.2. The van der Waals surface area contributed by atoms with E-state index >= 15 is 0 Å². The standard InChI is InChI=1S/C26H36N2O8S2/c1-18(2)15-28(38(33,34)20-11-12-23-24(14-20)36-17-35-23)16-22(29)21(13-19-9-7-6-8-10-19)27-25(30)26(3,4)37(5,31)32/h6-12,14,18,21-22,29H,13,15-17H2,1-5H3,(H,27,30)/t21?,22-/m1/s1. The zero-order valence-corrected chi connectivity index (χ0v) is 23.9. The molecular weight excluding hydrogens is 532 g/mol. The molecular formula is C26H36N2O8S2. The van der Waals surface area contributed by atoms with Gasteiger partial charge in [0.1, 0.15) is 4.75 Å². The van der Waals surface area contributed by atoms with Gasteiger partial charge >= 0.3 is 0 Å². The number of carbonyl (C=O) groups is 1. The molecule has 0 aliphatic carbocycles. The zero-order chi connectivity index (χ0) is 28.3. The van der Waals surface area contributed by atoms with E-state index in [9.17, 15) is 26.7 Å². The lowest BCUT2D eigenvalue weighted by molar-refractivity contribution is -0.124. The van der Waals surface area contributed by atoms with Crippen molar-refractivity contribution in [2.45, 2.75) is 55.9 Å². The van der Waals surface area contributed by atoms with Gasteiger partial charge in [-0.05, 0) is 43.9 Å². The van der Waals surface area contributed by atoms with Crippen molar-refractivity contribution in [3.63, 3.8) is 0 Å². The fraction of sp³-hybridized carbons (Fsp3) is 0.500. The Kier molecular flexibility index (Phi) is 9.12. The molecule has 3 rings (SSSR count). The van der Waals surface area contributed by atoms with Crippen molar-refractivity contribution in [2.24, 2.45) is 5.92 Å². The number of sulfonamides is 1. The van der Waals surface area contributed by atoms with Crippen molar-refractivity contribution in [2.75, 3.05) is 26.1 Å². The number of hydrogen-bond acceptors (Lipinski definition) is 8. The molecule has 0 aromatic heterocycles. The van der Waals surface area contributed by atoms with Gasteiger partial charge in [-0.15, -0.1) is 0 Å². The van der Waals surface area contributed by atoms with Gasteiger partial charge in [-0.2, -0.15) is 4.31 Å². The van der Waals surface area contributed by atoms with Crippen molar-refractivity contribution >= 4 is 25.8 Å². The van der Waals surface area contributed by atoms with E-state index < -0.39 is 42.7 Å². The van der Waals surface area contributed by atoms with Gasteiger partial charge in [-0.1, -0.05) is 44.2 Å². The van der Waals surface area contributed by atoms with Crippen molar-refractivity contribution in [3.05, 3.63) is 54.1 Å². The molecule has 2 aromatic carbocycles. The van der Waals surface area contributed by atoms with E-state index in [1.54, 1.807) is 12.1 Å². The minimum atomic E-state index is -4.07. The van der Waals surface area contributed by atoms with Crippen molar-refractivity contribution in [1.29, 1.82) is 0 Å². The van der Waals surface area contributed by atoms with Crippen LogP contribution in [0.1, 0.15) is 33.3 Å². The molecule has 1 aliphatic rings. The number of nitrogens with zero attached hydrogens (tertiary/aromatic N) is 1. The molecule has 1 heterocycles. The molecule has 0 spiro atoms. The number of ether oxygens (including phenoxy) is 2. The van der Waals surface area contributed by atoms with Crippen molar-refractivity contribution in [3.8, 4) is 11.5 Å². The molecule has 1 aliphatic heterocycles. The Balaban J connectivity index is 1.92. The summed E-state index contributed by atoms with van der Waals surface area (Å²) < 4.78 is 61.8. The second kappa shape index (κ2) is 11.6. The predicted molar refractivity (Wildman–Crippen MR) is 143 cm³/mol. The number of amides is 1. The van der Waals surface area contributed by atoms with Gasteiger partial charge in [0.2, 0.25) is 22.7 Å². The number of rotatable bonds is 12. The van der Waals surface area contributed by atoms with Gasteiger partial charge in [-0.25, -0.2) is 16.8 Å². The third-order valence-corrected chi connectivity index (χ3v) is 10.4. The first-order valence-corrected chi connectivity index (χ1v) is 15.6. The summed E-state index contributed by atoms with van der Waals surface area (Å²) in [5.41, 5.74) is 0.781. The quantitative estimate of drug-likeness (QED) is 0.396. The average Bonchev–Trinajstić information content (AvgIpc) is 3.30. The number of hydrogen-bond donors (Lipinski definition) is 2. The number of aliphatic hydroxyl groups is 1. The molecule has 2 N–H and O–H groups in total. The van der Waals surface area contributed by atoms with Gasteiger partial charge in [0, 0.05) is 25.4 Å². The lowest BCUT2D eigenvalue weighted by Gasteiger charge is -2.32. The Hall–Kier alpha value is -2.67. The molecule has 0 saturated carbocycles. The van der Waals surface area contributed by atoms with Crippen LogP contribution in [0.3, 0.4) is 0 Å². The normalized spacial score (nSPS) is 15.5. The van der Waals surface area contributed by atoms with E-state index in [4.69, 9.17) is 9.47 Å². The third kappa shape index (κ3) is 6.85. The molecule has 1 amide bonds. The summed E-state index contributed by atoms with van der Waals surface area (Å²) in [7, 11) is -7.84. The lowest BCUT2D eigenvalue weighted by atomic mass is 10.00. The largest absolute Gasteiger partial charge is 0.454 e. The predicted octanol–water partition coefficient (Wildman–Crippen LogP) is 1.97. The maximum atomic E-state index is 13.6. The second-order valence-corrected chi connectivity index (χ2v) is 14.9. The van der Waals surface area contributed by atoms with E-state index in [1.165, 1.54) is 36.4 Å². The minimum absolute atomic E-state index is 0.00203. The van der Waals surface area contributed by atoms with Gasteiger partial charge in [0.25, 0.3) is 0 Å². The van der Waals surface area contributed by atoms with Crippen LogP contribution in [-0.2, 0) is 31.1 Å². The van der Waals surface area contributed by atoms with Crippen LogP contribution in [0.4, 0.5) is 0 Å². The fourth-order valence-corrected chi connectivity index (χ4v) is 5.90. The maximum absolute atomic E-state index is 13.6. The number of fused-ring (bicyclic) bond motifs is 1. The lowest BCUT2D eigenvalue weighted by Crippen LogP contribution is -2.56. The molecule has 38 heavy (non-hydrogen) atoms. The Morgan fingerprint density at radius 1 is 1.03 bits per heavy atom. The Bertz CT molecular complexity index is 1340. The van der Waals surface area contributed by atoms with E-state index in [2.05, 4.69) is 5.32 Å². The van der Waals surface area contributed by atoms with Crippen LogP contribution in [0.25, 0.3) is 0 Å². The third-order valence-electron chi connectivity index (χ3n) is 6.49. The van der Waals surface area contributed by atoms with Crippen LogP contribution in [0.5, 0.6) is 11.5 Å². The molecule has 0 radical (unpaired) electrons. The first-order chi connectivity index (χ1) is 17.6. The van der Waals surface area contributed by atoms with Crippen LogP contribution in [0.2, 0.25) is 0 Å². The maximum Gasteiger partial charge on any atom is 0.243 e. The number of benzene rings is 2. The van der Waals surface area contributed by atoms with E-state index in [0.29, 0.717) is 11.5 Å². The molecule has 12 heteroatoms. The van der Waals surface area contributed by atoms with Gasteiger partial charge in [-0.3, -0.25) is 4.79 Å². The summed E-state index contributed by atoms with van der Waals surface area (Å²) in [5.74, 6) is -0.0989. The Labute approximate surface area is 224 Å². The summed E-state index contributed by atoms with van der Waals surface area (Å²) in [6.45, 7) is 6.06. The molecule has 210 valence electrons. The number of carbonyl (C=O) groups excluding carboxylic acids is 1. The number of sulfone groups is 1. The summed E-state index contributed by atoms with van der Waals surface area (Å²) in [4.78, 5) is 13.0. The van der Waals surface area contributed by atoms with Crippen LogP contribution in [0.15, 0.2) is 53.4 Å². The molecule has 0 fully saturated rings.